The summed E-state index contributed by atoms with van der Waals surface area (Å²) >= 11 is 0. The molecule has 162 valence electrons. The number of para-hydroxylation sites is 1. The summed E-state index contributed by atoms with van der Waals surface area (Å²) in [5.74, 6) is 0.945. The van der Waals surface area contributed by atoms with Gasteiger partial charge in [-0.05, 0) is 51.1 Å². The average Bonchev–Trinajstić information content (AvgIpc) is 2.66. The van der Waals surface area contributed by atoms with Crippen molar-refractivity contribution < 1.29 is 22.7 Å². The summed E-state index contributed by atoms with van der Waals surface area (Å²) in [5.41, 5.74) is 0.823. The van der Waals surface area contributed by atoms with Crippen molar-refractivity contribution in [2.75, 3.05) is 17.7 Å². The van der Waals surface area contributed by atoms with Gasteiger partial charge in [0.1, 0.15) is 23.1 Å². The molecule has 1 amide bonds. The minimum atomic E-state index is -3.70. The van der Waals surface area contributed by atoms with E-state index in [-0.39, 0.29) is 11.9 Å². The zero-order valence-electron chi connectivity index (χ0n) is 17.9. The Bertz CT molecular complexity index is 1020. The van der Waals surface area contributed by atoms with Crippen molar-refractivity contribution in [3.05, 3.63) is 54.1 Å². The van der Waals surface area contributed by atoms with E-state index in [4.69, 9.17) is 9.47 Å². The molecule has 30 heavy (non-hydrogen) atoms. The fourth-order valence-corrected chi connectivity index (χ4v) is 4.94. The van der Waals surface area contributed by atoms with E-state index in [0.717, 1.165) is 21.9 Å². The van der Waals surface area contributed by atoms with Gasteiger partial charge in [-0.25, -0.2) is 8.42 Å². The highest BCUT2D eigenvalue weighted by molar-refractivity contribution is 7.92. The largest absolute Gasteiger partial charge is 0.497 e. The van der Waals surface area contributed by atoms with Crippen molar-refractivity contribution in [3.63, 3.8) is 0 Å². The van der Waals surface area contributed by atoms with Crippen LogP contribution in [-0.4, -0.2) is 39.3 Å². The number of rotatable bonds is 6. The highest BCUT2D eigenvalue weighted by atomic mass is 32.2. The van der Waals surface area contributed by atoms with Gasteiger partial charge in [0.05, 0.1) is 25.1 Å². The van der Waals surface area contributed by atoms with Crippen molar-refractivity contribution in [2.24, 2.45) is 0 Å². The molecule has 8 heteroatoms. The number of hydrogen-bond acceptors (Lipinski definition) is 5. The number of anilines is 1. The van der Waals surface area contributed by atoms with Crippen LogP contribution >= 0.6 is 0 Å². The lowest BCUT2D eigenvalue weighted by molar-refractivity contribution is -0.123. The normalized spacial score (nSPS) is 18.5. The first-order valence-corrected chi connectivity index (χ1v) is 11.6. The van der Waals surface area contributed by atoms with Gasteiger partial charge in [0.25, 0.3) is 0 Å². The van der Waals surface area contributed by atoms with Gasteiger partial charge in [0, 0.05) is 12.0 Å². The van der Waals surface area contributed by atoms with E-state index in [1.165, 1.54) is 7.11 Å². The summed E-state index contributed by atoms with van der Waals surface area (Å²) < 4.78 is 37.3. The lowest BCUT2D eigenvalue weighted by atomic mass is 9.89. The maximum Gasteiger partial charge on any atom is 0.244 e. The second-order valence-electron chi connectivity index (χ2n) is 8.10. The number of fused-ring (bicyclic) bond motifs is 1. The molecule has 7 nitrogen and oxygen atoms in total. The highest BCUT2D eigenvalue weighted by Crippen LogP contribution is 2.39. The van der Waals surface area contributed by atoms with Crippen LogP contribution in [0.15, 0.2) is 48.5 Å². The van der Waals surface area contributed by atoms with Crippen LogP contribution < -0.4 is 19.1 Å². The summed E-state index contributed by atoms with van der Waals surface area (Å²) in [4.78, 5) is 13.1. The maximum absolute atomic E-state index is 13.1. The van der Waals surface area contributed by atoms with Gasteiger partial charge in [-0.1, -0.05) is 18.2 Å². The molecule has 2 atom stereocenters. The molecule has 3 rings (SSSR count). The minimum absolute atomic E-state index is 0.280. The highest BCUT2D eigenvalue weighted by Gasteiger charge is 2.36. The molecular formula is C22H28N2O5S. The Morgan fingerprint density at radius 3 is 2.43 bits per heavy atom. The van der Waals surface area contributed by atoms with Crippen molar-refractivity contribution in [1.29, 1.82) is 0 Å². The second kappa shape index (κ2) is 8.18. The van der Waals surface area contributed by atoms with Crippen LogP contribution in [0.5, 0.6) is 11.5 Å². The number of benzene rings is 2. The molecule has 0 bridgehead atoms. The van der Waals surface area contributed by atoms with Gasteiger partial charge in [0.15, 0.2) is 0 Å². The summed E-state index contributed by atoms with van der Waals surface area (Å²) in [6, 6.07) is 12.9. The Morgan fingerprint density at radius 2 is 1.83 bits per heavy atom. The smallest absolute Gasteiger partial charge is 0.244 e. The van der Waals surface area contributed by atoms with Crippen molar-refractivity contribution in [2.45, 2.75) is 44.9 Å². The molecular weight excluding hydrogens is 404 g/mol. The maximum atomic E-state index is 13.1. The third kappa shape index (κ3) is 4.70. The van der Waals surface area contributed by atoms with Gasteiger partial charge in [-0.15, -0.1) is 0 Å². The van der Waals surface area contributed by atoms with Crippen LogP contribution in [0.3, 0.4) is 0 Å². The van der Waals surface area contributed by atoms with Gasteiger partial charge < -0.3 is 14.8 Å². The zero-order valence-corrected chi connectivity index (χ0v) is 18.7. The average molecular weight is 433 g/mol. The molecule has 1 aliphatic heterocycles. The van der Waals surface area contributed by atoms with Crippen molar-refractivity contribution in [3.8, 4) is 11.5 Å². The van der Waals surface area contributed by atoms with E-state index in [9.17, 15) is 13.2 Å². The number of methoxy groups -OCH3 is 1. The quantitative estimate of drug-likeness (QED) is 0.757. The van der Waals surface area contributed by atoms with E-state index < -0.39 is 21.7 Å². The molecule has 1 heterocycles. The second-order valence-corrected chi connectivity index (χ2v) is 9.96. The van der Waals surface area contributed by atoms with Crippen molar-refractivity contribution in [1.82, 2.24) is 5.32 Å². The number of ether oxygens (including phenoxy) is 2. The molecule has 0 spiro atoms. The first-order chi connectivity index (χ1) is 14.0. The lowest BCUT2D eigenvalue weighted by Crippen LogP contribution is -2.50. The number of sulfonamides is 1. The fourth-order valence-electron chi connectivity index (χ4n) is 3.76. The fraction of sp³-hybridized carbons (Fsp3) is 0.409. The summed E-state index contributed by atoms with van der Waals surface area (Å²) in [7, 11) is -2.16. The van der Waals surface area contributed by atoms with E-state index in [1.54, 1.807) is 31.2 Å². The van der Waals surface area contributed by atoms with Crippen LogP contribution in [0.1, 0.15) is 38.8 Å². The van der Waals surface area contributed by atoms with Gasteiger partial charge >= 0.3 is 0 Å². The van der Waals surface area contributed by atoms with Crippen molar-refractivity contribution >= 4 is 21.6 Å². The Hall–Kier alpha value is -2.74. The molecule has 2 aromatic carbocycles. The molecule has 0 radical (unpaired) electrons. The van der Waals surface area contributed by atoms with E-state index in [1.807, 2.05) is 38.1 Å². The van der Waals surface area contributed by atoms with E-state index in [0.29, 0.717) is 17.9 Å². The molecule has 1 N–H and O–H groups in total. The molecule has 0 fully saturated rings. The number of amides is 1. The summed E-state index contributed by atoms with van der Waals surface area (Å²) in [5, 5.41) is 3.03. The molecule has 0 saturated heterocycles. The Kier molecular flexibility index (Phi) is 5.99. The Balaban J connectivity index is 1.87. The number of carbonyl (C=O) groups is 1. The zero-order chi connectivity index (χ0) is 22.1. The molecule has 0 unspecified atom stereocenters. The van der Waals surface area contributed by atoms with Gasteiger partial charge in [0.2, 0.25) is 15.9 Å². The molecule has 2 aromatic rings. The predicted octanol–water partition coefficient (Wildman–Crippen LogP) is 3.27. The molecule has 0 aromatic heterocycles. The molecule has 0 aliphatic carbocycles. The van der Waals surface area contributed by atoms with E-state index in [2.05, 4.69) is 5.32 Å². The number of hydrogen-bond donors (Lipinski definition) is 1. The Labute approximate surface area is 178 Å². The monoisotopic (exact) mass is 432 g/mol. The van der Waals surface area contributed by atoms with Crippen LogP contribution in [0, 0.1) is 0 Å². The standard InChI is InChI=1S/C22H28N2O5S/c1-15(24(30(5,26)27)16-10-12-17(28-4)13-11-16)21(25)23-19-14-22(2,3)29-20-9-7-6-8-18(19)20/h6-13,15,19H,14H2,1-5H3,(H,23,25)/t15-,19+/m1/s1. The number of carbonyl (C=O) groups excluding carboxylic acids is 1. The third-order valence-electron chi connectivity index (χ3n) is 5.11. The van der Waals surface area contributed by atoms with Crippen LogP contribution in [0.25, 0.3) is 0 Å². The topological polar surface area (TPSA) is 84.9 Å². The van der Waals surface area contributed by atoms with Crippen LogP contribution in [0.2, 0.25) is 0 Å². The first-order valence-electron chi connectivity index (χ1n) is 9.73. The first kappa shape index (κ1) is 22.0. The van der Waals surface area contributed by atoms with Gasteiger partial charge in [-0.3, -0.25) is 9.10 Å². The van der Waals surface area contributed by atoms with Gasteiger partial charge in [-0.2, -0.15) is 0 Å². The predicted molar refractivity (Wildman–Crippen MR) is 116 cm³/mol. The Morgan fingerprint density at radius 1 is 1.20 bits per heavy atom. The number of nitrogens with zero attached hydrogens (tertiary/aromatic N) is 1. The SMILES string of the molecule is COc1ccc(N([C@H](C)C(=O)N[C@H]2CC(C)(C)Oc3ccccc32)S(C)(=O)=O)cc1. The van der Waals surface area contributed by atoms with Crippen LogP contribution in [-0.2, 0) is 14.8 Å². The molecule has 0 saturated carbocycles. The molecule has 1 aliphatic rings. The van der Waals surface area contributed by atoms with Crippen LogP contribution in [0.4, 0.5) is 5.69 Å². The van der Waals surface area contributed by atoms with E-state index >= 15 is 0 Å². The minimum Gasteiger partial charge on any atom is -0.497 e. The number of nitrogens with one attached hydrogen (secondary N) is 1. The lowest BCUT2D eigenvalue weighted by Gasteiger charge is -2.38. The third-order valence-corrected chi connectivity index (χ3v) is 6.35. The summed E-state index contributed by atoms with van der Waals surface area (Å²) in [6.45, 7) is 5.51. The summed E-state index contributed by atoms with van der Waals surface area (Å²) in [6.07, 6.45) is 1.66.